The zero-order valence-corrected chi connectivity index (χ0v) is 14.3. The van der Waals surface area contributed by atoms with Crippen molar-refractivity contribution in [3.05, 3.63) is 35.9 Å². The van der Waals surface area contributed by atoms with E-state index in [1.165, 1.54) is 5.06 Å². The molecular formula is C16H26NO4P. The number of aryl methyl sites for hydroxylation is 1. The van der Waals surface area contributed by atoms with Gasteiger partial charge >= 0.3 is 7.60 Å². The van der Waals surface area contributed by atoms with E-state index in [1.54, 1.807) is 13.8 Å². The van der Waals surface area contributed by atoms with Crippen molar-refractivity contribution in [2.45, 2.75) is 44.8 Å². The van der Waals surface area contributed by atoms with Gasteiger partial charge in [-0.25, -0.2) is 0 Å². The lowest BCUT2D eigenvalue weighted by Crippen LogP contribution is -2.43. The Morgan fingerprint density at radius 3 is 2.36 bits per heavy atom. The summed E-state index contributed by atoms with van der Waals surface area (Å²) in [6.07, 6.45) is 2.68. The van der Waals surface area contributed by atoms with Crippen molar-refractivity contribution in [3.8, 4) is 0 Å². The lowest BCUT2D eigenvalue weighted by molar-refractivity contribution is -0.129. The molecule has 22 heavy (non-hydrogen) atoms. The van der Waals surface area contributed by atoms with E-state index in [2.05, 4.69) is 0 Å². The van der Waals surface area contributed by atoms with Gasteiger partial charge in [0.1, 0.15) is 5.28 Å². The summed E-state index contributed by atoms with van der Waals surface area (Å²) in [7, 11) is -3.42. The molecule has 0 aromatic heterocycles. The lowest BCUT2D eigenvalue weighted by atomic mass is 10.0. The van der Waals surface area contributed by atoms with Gasteiger partial charge in [-0.3, -0.25) is 4.57 Å². The molecule has 0 aliphatic carbocycles. The monoisotopic (exact) mass is 327 g/mol. The smallest absolute Gasteiger partial charge is 0.313 e. The fourth-order valence-corrected chi connectivity index (χ4v) is 5.56. The van der Waals surface area contributed by atoms with Crippen molar-refractivity contribution in [2.75, 3.05) is 19.8 Å². The summed E-state index contributed by atoms with van der Waals surface area (Å²) in [4.78, 5) is 0. The van der Waals surface area contributed by atoms with Gasteiger partial charge in [0.15, 0.2) is 0 Å². The first-order chi connectivity index (χ1) is 10.6. The first kappa shape index (κ1) is 17.6. The summed E-state index contributed by atoms with van der Waals surface area (Å²) in [5.74, 6) is 0. The predicted molar refractivity (Wildman–Crippen MR) is 86.1 cm³/mol. The number of hydroxylamine groups is 2. The average Bonchev–Trinajstić information content (AvgIpc) is 2.89. The molecule has 1 aliphatic rings. The minimum absolute atomic E-state index is 0.304. The highest BCUT2D eigenvalue weighted by Gasteiger charge is 2.56. The average molecular weight is 327 g/mol. The van der Waals surface area contributed by atoms with Crippen LogP contribution >= 0.6 is 7.60 Å². The molecule has 1 fully saturated rings. The van der Waals surface area contributed by atoms with E-state index >= 15 is 0 Å². The quantitative estimate of drug-likeness (QED) is 0.730. The van der Waals surface area contributed by atoms with Crippen molar-refractivity contribution in [3.63, 3.8) is 0 Å². The van der Waals surface area contributed by atoms with Crippen LogP contribution in [0.2, 0.25) is 0 Å². The van der Waals surface area contributed by atoms with Crippen molar-refractivity contribution >= 4 is 7.60 Å². The van der Waals surface area contributed by atoms with Crippen molar-refractivity contribution in [2.24, 2.45) is 0 Å². The van der Waals surface area contributed by atoms with Crippen LogP contribution in [0.4, 0.5) is 0 Å². The van der Waals surface area contributed by atoms with Crippen LogP contribution in [0, 0.1) is 0 Å². The molecule has 2 rings (SSSR count). The van der Waals surface area contributed by atoms with Crippen LogP contribution in [0.3, 0.4) is 0 Å². The first-order valence-electron chi connectivity index (χ1n) is 7.97. The van der Waals surface area contributed by atoms with Crippen LogP contribution in [-0.2, 0) is 20.0 Å². The number of hydrogen-bond acceptors (Lipinski definition) is 5. The normalized spacial score (nSPS) is 23.0. The van der Waals surface area contributed by atoms with Gasteiger partial charge in [0.25, 0.3) is 0 Å². The molecule has 124 valence electrons. The standard InChI is InChI=1S/C16H26NO4P/c1-3-20-22(19,21-4-2)16(12-8-14-17(16)18)13-11-15-9-6-5-7-10-15/h5-7,9-10,18H,3-4,8,11-14H2,1-2H3/t16-/m1/s1. The second kappa shape index (κ2) is 7.71. The second-order valence-corrected chi connectivity index (χ2v) is 7.87. The summed E-state index contributed by atoms with van der Waals surface area (Å²) in [5, 5.41) is 10.7. The fourth-order valence-electron chi connectivity index (χ4n) is 3.13. The molecule has 0 saturated carbocycles. The van der Waals surface area contributed by atoms with E-state index in [9.17, 15) is 9.77 Å². The third-order valence-corrected chi connectivity index (χ3v) is 7.09. The van der Waals surface area contributed by atoms with Gasteiger partial charge in [0.2, 0.25) is 0 Å². The molecule has 0 spiro atoms. The van der Waals surface area contributed by atoms with Crippen LogP contribution in [0.25, 0.3) is 0 Å². The maximum Gasteiger partial charge on any atom is 0.353 e. The van der Waals surface area contributed by atoms with Crippen LogP contribution in [0.5, 0.6) is 0 Å². The summed E-state index contributed by atoms with van der Waals surface area (Å²) in [6.45, 7) is 4.70. The molecular weight excluding hydrogens is 301 g/mol. The maximum absolute atomic E-state index is 13.3. The molecule has 1 aromatic rings. The van der Waals surface area contributed by atoms with Gasteiger partial charge in [-0.2, -0.15) is 5.06 Å². The predicted octanol–water partition coefficient (Wildman–Crippen LogP) is 4.07. The SMILES string of the molecule is CCOP(=O)(OCC)[C@@]1(CCc2ccccc2)CCCN1O. The summed E-state index contributed by atoms with van der Waals surface area (Å²) >= 11 is 0. The Labute approximate surface area is 132 Å². The van der Waals surface area contributed by atoms with Crippen molar-refractivity contribution in [1.29, 1.82) is 0 Å². The zero-order chi connectivity index (χ0) is 16.1. The Morgan fingerprint density at radius 1 is 1.23 bits per heavy atom. The minimum Gasteiger partial charge on any atom is -0.313 e. The molecule has 1 N–H and O–H groups in total. The van der Waals surface area contributed by atoms with Crippen LogP contribution in [-0.4, -0.2) is 35.3 Å². The molecule has 1 heterocycles. The second-order valence-electron chi connectivity index (χ2n) is 5.53. The minimum atomic E-state index is -3.42. The van der Waals surface area contributed by atoms with Gasteiger partial charge in [-0.1, -0.05) is 30.3 Å². The number of nitrogens with zero attached hydrogens (tertiary/aromatic N) is 1. The number of benzene rings is 1. The first-order valence-corrected chi connectivity index (χ1v) is 9.52. The largest absolute Gasteiger partial charge is 0.353 e. The zero-order valence-electron chi connectivity index (χ0n) is 13.4. The van der Waals surface area contributed by atoms with Crippen LogP contribution < -0.4 is 0 Å². The third kappa shape index (κ3) is 3.44. The molecule has 6 heteroatoms. The van der Waals surface area contributed by atoms with Gasteiger partial charge in [0.05, 0.1) is 13.2 Å². The van der Waals surface area contributed by atoms with Crippen molar-refractivity contribution < 1.29 is 18.8 Å². The number of hydrogen-bond donors (Lipinski definition) is 1. The third-order valence-electron chi connectivity index (χ3n) is 4.19. The maximum atomic E-state index is 13.3. The van der Waals surface area contributed by atoms with Crippen LogP contribution in [0.1, 0.15) is 38.7 Å². The molecule has 1 saturated heterocycles. The van der Waals surface area contributed by atoms with Crippen molar-refractivity contribution in [1.82, 2.24) is 5.06 Å². The van der Waals surface area contributed by atoms with E-state index in [4.69, 9.17) is 9.05 Å². The lowest BCUT2D eigenvalue weighted by Gasteiger charge is -2.39. The molecule has 0 bridgehead atoms. The highest BCUT2D eigenvalue weighted by atomic mass is 31.2. The Balaban J connectivity index is 2.25. The highest BCUT2D eigenvalue weighted by Crippen LogP contribution is 2.66. The van der Waals surface area contributed by atoms with E-state index in [0.717, 1.165) is 18.4 Å². The summed E-state index contributed by atoms with van der Waals surface area (Å²) in [5.41, 5.74) is 1.15. The molecule has 1 atom stereocenters. The Morgan fingerprint density at radius 2 is 1.86 bits per heavy atom. The van der Waals surface area contributed by atoms with Gasteiger partial charge in [0, 0.05) is 6.54 Å². The van der Waals surface area contributed by atoms with E-state index in [1.807, 2.05) is 30.3 Å². The Hall–Kier alpha value is -0.710. The molecule has 1 aromatic carbocycles. The van der Waals surface area contributed by atoms with Gasteiger partial charge in [-0.05, 0) is 45.1 Å². The summed E-state index contributed by atoms with van der Waals surface area (Å²) in [6, 6.07) is 10.0. The van der Waals surface area contributed by atoms with E-state index in [0.29, 0.717) is 32.6 Å². The molecule has 5 nitrogen and oxygen atoms in total. The summed E-state index contributed by atoms with van der Waals surface area (Å²) < 4.78 is 24.4. The Kier molecular flexibility index (Phi) is 6.18. The molecule has 0 amide bonds. The Bertz CT molecular complexity index is 500. The van der Waals surface area contributed by atoms with Gasteiger partial charge < -0.3 is 14.3 Å². The van der Waals surface area contributed by atoms with Gasteiger partial charge in [-0.15, -0.1) is 0 Å². The highest BCUT2D eigenvalue weighted by molar-refractivity contribution is 7.55. The number of rotatable bonds is 8. The molecule has 0 unspecified atom stereocenters. The van der Waals surface area contributed by atoms with E-state index < -0.39 is 12.9 Å². The molecule has 0 radical (unpaired) electrons. The topological polar surface area (TPSA) is 59.0 Å². The fraction of sp³-hybridized carbons (Fsp3) is 0.625. The van der Waals surface area contributed by atoms with E-state index in [-0.39, 0.29) is 0 Å². The molecule has 1 aliphatic heterocycles. The van der Waals surface area contributed by atoms with Crippen LogP contribution in [0.15, 0.2) is 30.3 Å².